The van der Waals surface area contributed by atoms with Gasteiger partial charge in [0.25, 0.3) is 0 Å². The molecule has 0 aromatic carbocycles. The molecule has 1 fully saturated rings. The van der Waals surface area contributed by atoms with Gasteiger partial charge in [0.2, 0.25) is 5.91 Å². The third-order valence-electron chi connectivity index (χ3n) is 3.31. The third kappa shape index (κ3) is 4.00. The van der Waals surface area contributed by atoms with Crippen LogP contribution in [0, 0.1) is 11.8 Å². The quantitative estimate of drug-likeness (QED) is 0.637. The minimum atomic E-state index is -0.799. The molecule has 0 saturated heterocycles. The maximum Gasteiger partial charge on any atom is 0.308 e. The van der Waals surface area contributed by atoms with Gasteiger partial charge in [0.1, 0.15) is 0 Å². The smallest absolute Gasteiger partial charge is 0.308 e. The molecule has 3 atom stereocenters. The second-order valence-corrected chi connectivity index (χ2v) is 4.70. The molecule has 0 bridgehead atoms. The zero-order valence-electron chi connectivity index (χ0n) is 10.5. The van der Waals surface area contributed by atoms with Crippen LogP contribution in [-0.4, -0.2) is 36.1 Å². The molecule has 1 aliphatic carbocycles. The zero-order valence-corrected chi connectivity index (χ0v) is 10.5. The lowest BCUT2D eigenvalue weighted by Gasteiger charge is -2.20. The van der Waals surface area contributed by atoms with Crippen LogP contribution in [0.4, 0.5) is 0 Å². The first-order chi connectivity index (χ1) is 8.06. The number of carbonyl (C=O) groups excluding carboxylic acids is 1. The van der Waals surface area contributed by atoms with E-state index >= 15 is 0 Å². The fourth-order valence-corrected chi connectivity index (χ4v) is 2.21. The van der Waals surface area contributed by atoms with Crippen LogP contribution in [0.2, 0.25) is 0 Å². The van der Waals surface area contributed by atoms with Crippen LogP contribution in [0.25, 0.3) is 0 Å². The van der Waals surface area contributed by atoms with Crippen LogP contribution < -0.4 is 10.6 Å². The molecule has 5 heteroatoms. The highest BCUT2D eigenvalue weighted by molar-refractivity contribution is 5.80. The van der Waals surface area contributed by atoms with Crippen molar-refractivity contribution in [3.05, 3.63) is 0 Å². The highest BCUT2D eigenvalue weighted by Gasteiger charge is 2.34. The molecule has 1 aliphatic rings. The third-order valence-corrected chi connectivity index (χ3v) is 3.31. The van der Waals surface area contributed by atoms with Crippen LogP contribution in [-0.2, 0) is 9.59 Å². The standard InChI is InChI=1S/C12H22N2O3/c1-3-13-7-8(2)11(15)14-10-6-4-5-9(10)12(16)17/h8-10,13H,3-7H2,1-2H3,(H,14,15)(H,16,17). The van der Waals surface area contributed by atoms with Crippen LogP contribution in [0.15, 0.2) is 0 Å². The highest BCUT2D eigenvalue weighted by atomic mass is 16.4. The number of amides is 1. The van der Waals surface area contributed by atoms with E-state index in [4.69, 9.17) is 5.11 Å². The highest BCUT2D eigenvalue weighted by Crippen LogP contribution is 2.25. The summed E-state index contributed by atoms with van der Waals surface area (Å²) in [5.74, 6) is -1.38. The van der Waals surface area contributed by atoms with Gasteiger partial charge in [-0.3, -0.25) is 9.59 Å². The molecule has 0 spiro atoms. The summed E-state index contributed by atoms with van der Waals surface area (Å²) in [6, 6.07) is -0.191. The van der Waals surface area contributed by atoms with Crippen molar-refractivity contribution < 1.29 is 14.7 Å². The molecule has 0 heterocycles. The molecule has 0 aromatic heterocycles. The van der Waals surface area contributed by atoms with Gasteiger partial charge in [-0.25, -0.2) is 0 Å². The second-order valence-electron chi connectivity index (χ2n) is 4.70. The van der Waals surface area contributed by atoms with Crippen molar-refractivity contribution in [2.45, 2.75) is 39.2 Å². The predicted molar refractivity (Wildman–Crippen MR) is 64.6 cm³/mol. The monoisotopic (exact) mass is 242 g/mol. The van der Waals surface area contributed by atoms with Gasteiger partial charge in [-0.15, -0.1) is 0 Å². The zero-order chi connectivity index (χ0) is 12.8. The van der Waals surface area contributed by atoms with Crippen molar-refractivity contribution in [3.63, 3.8) is 0 Å². The SMILES string of the molecule is CCNCC(C)C(=O)NC1CCCC1C(=O)O. The average Bonchev–Trinajstić information content (AvgIpc) is 2.73. The Hall–Kier alpha value is -1.10. The van der Waals surface area contributed by atoms with Gasteiger partial charge in [0, 0.05) is 18.5 Å². The number of rotatable bonds is 6. The van der Waals surface area contributed by atoms with Crippen molar-refractivity contribution in [2.75, 3.05) is 13.1 Å². The van der Waals surface area contributed by atoms with Crippen molar-refractivity contribution in [2.24, 2.45) is 11.8 Å². The van der Waals surface area contributed by atoms with E-state index in [-0.39, 0.29) is 17.9 Å². The predicted octanol–water partition coefficient (Wildman–Crippen LogP) is 0.601. The molecule has 0 aliphatic heterocycles. The van der Waals surface area contributed by atoms with E-state index < -0.39 is 11.9 Å². The second kappa shape index (κ2) is 6.59. The Kier molecular flexibility index (Phi) is 5.41. The van der Waals surface area contributed by atoms with E-state index in [1.165, 1.54) is 0 Å². The van der Waals surface area contributed by atoms with Crippen LogP contribution in [0.3, 0.4) is 0 Å². The van der Waals surface area contributed by atoms with Gasteiger partial charge in [-0.05, 0) is 19.4 Å². The molecule has 5 nitrogen and oxygen atoms in total. The first-order valence-electron chi connectivity index (χ1n) is 6.30. The van der Waals surface area contributed by atoms with Gasteiger partial charge in [0.05, 0.1) is 5.92 Å². The molecule has 0 radical (unpaired) electrons. The van der Waals surface area contributed by atoms with E-state index in [1.54, 1.807) is 0 Å². The molecular weight excluding hydrogens is 220 g/mol. The summed E-state index contributed by atoms with van der Waals surface area (Å²) in [5.41, 5.74) is 0. The van der Waals surface area contributed by atoms with Crippen molar-refractivity contribution >= 4 is 11.9 Å². The Balaban J connectivity index is 2.42. The number of hydrogen-bond donors (Lipinski definition) is 3. The molecule has 1 amide bonds. The summed E-state index contributed by atoms with van der Waals surface area (Å²) >= 11 is 0. The number of aliphatic carboxylic acids is 1. The molecule has 3 N–H and O–H groups in total. The molecule has 3 unspecified atom stereocenters. The molecule has 0 aromatic rings. The largest absolute Gasteiger partial charge is 0.481 e. The lowest BCUT2D eigenvalue weighted by atomic mass is 10.0. The fourth-order valence-electron chi connectivity index (χ4n) is 2.21. The first kappa shape index (κ1) is 14.0. The Morgan fingerprint density at radius 3 is 2.71 bits per heavy atom. The maximum atomic E-state index is 11.8. The molecule has 1 saturated carbocycles. The summed E-state index contributed by atoms with van der Waals surface area (Å²) in [6.07, 6.45) is 2.32. The molecular formula is C12H22N2O3. The fraction of sp³-hybridized carbons (Fsp3) is 0.833. The van der Waals surface area contributed by atoms with Crippen molar-refractivity contribution in [1.29, 1.82) is 0 Å². The van der Waals surface area contributed by atoms with E-state index in [1.807, 2.05) is 13.8 Å². The van der Waals surface area contributed by atoms with Gasteiger partial charge in [0.15, 0.2) is 0 Å². The van der Waals surface area contributed by atoms with E-state index in [0.29, 0.717) is 13.0 Å². The number of carbonyl (C=O) groups is 2. The van der Waals surface area contributed by atoms with Crippen molar-refractivity contribution in [3.8, 4) is 0 Å². The Morgan fingerprint density at radius 1 is 1.41 bits per heavy atom. The molecule has 98 valence electrons. The summed E-state index contributed by atoms with van der Waals surface area (Å²) < 4.78 is 0. The van der Waals surface area contributed by atoms with E-state index in [9.17, 15) is 9.59 Å². The normalized spacial score (nSPS) is 25.5. The van der Waals surface area contributed by atoms with Crippen molar-refractivity contribution in [1.82, 2.24) is 10.6 Å². The summed E-state index contributed by atoms with van der Waals surface area (Å²) in [7, 11) is 0. The Labute approximate surface area is 102 Å². The minimum absolute atomic E-state index is 0.0518. The number of hydrogen-bond acceptors (Lipinski definition) is 3. The molecule has 1 rings (SSSR count). The van der Waals surface area contributed by atoms with E-state index in [2.05, 4.69) is 10.6 Å². The number of carboxylic acid groups (broad SMARTS) is 1. The Morgan fingerprint density at radius 2 is 2.12 bits per heavy atom. The first-order valence-corrected chi connectivity index (χ1v) is 6.30. The molecule has 17 heavy (non-hydrogen) atoms. The van der Waals surface area contributed by atoms with Crippen LogP contribution in [0.1, 0.15) is 33.1 Å². The topological polar surface area (TPSA) is 78.4 Å². The van der Waals surface area contributed by atoms with Gasteiger partial charge in [-0.1, -0.05) is 20.3 Å². The van der Waals surface area contributed by atoms with E-state index in [0.717, 1.165) is 19.4 Å². The average molecular weight is 242 g/mol. The summed E-state index contributed by atoms with van der Waals surface area (Å²) in [5, 5.41) is 15.0. The maximum absolute atomic E-state index is 11.8. The number of carboxylic acids is 1. The van der Waals surface area contributed by atoms with Gasteiger partial charge < -0.3 is 15.7 Å². The van der Waals surface area contributed by atoms with Crippen LogP contribution >= 0.6 is 0 Å². The summed E-state index contributed by atoms with van der Waals surface area (Å²) in [6.45, 7) is 5.30. The number of nitrogens with one attached hydrogen (secondary N) is 2. The lowest BCUT2D eigenvalue weighted by molar-refractivity contribution is -0.142. The minimum Gasteiger partial charge on any atom is -0.481 e. The lowest BCUT2D eigenvalue weighted by Crippen LogP contribution is -2.44. The van der Waals surface area contributed by atoms with Gasteiger partial charge >= 0.3 is 5.97 Å². The van der Waals surface area contributed by atoms with Gasteiger partial charge in [-0.2, -0.15) is 0 Å². The summed E-state index contributed by atoms with van der Waals surface area (Å²) in [4.78, 5) is 22.8. The Bertz CT molecular complexity index is 281. The van der Waals surface area contributed by atoms with Crippen LogP contribution in [0.5, 0.6) is 0 Å².